The molecule has 1 heterocycles. The highest BCUT2D eigenvalue weighted by molar-refractivity contribution is 5.81. The second-order valence-electron chi connectivity index (χ2n) is 6.34. The summed E-state index contributed by atoms with van der Waals surface area (Å²) in [7, 11) is 0. The van der Waals surface area contributed by atoms with Crippen LogP contribution in [0.3, 0.4) is 0 Å². The highest BCUT2D eigenvalue weighted by Gasteiger charge is 2.19. The van der Waals surface area contributed by atoms with Crippen molar-refractivity contribution in [2.75, 3.05) is 32.8 Å². The molecule has 1 aliphatic carbocycles. The molecule has 0 atom stereocenters. The molecule has 0 amide bonds. The largest absolute Gasteiger partial charge is 0.379 e. The molecule has 2 nitrogen and oxygen atoms in total. The van der Waals surface area contributed by atoms with Crippen molar-refractivity contribution in [2.24, 2.45) is 0 Å². The first-order chi connectivity index (χ1) is 11.4. The lowest BCUT2D eigenvalue weighted by atomic mass is 9.94. The highest BCUT2D eigenvalue weighted by Crippen LogP contribution is 2.36. The Morgan fingerprint density at radius 1 is 0.870 bits per heavy atom. The molecule has 0 N–H and O–H groups in total. The van der Waals surface area contributed by atoms with Crippen molar-refractivity contribution in [3.63, 3.8) is 0 Å². The van der Waals surface area contributed by atoms with Gasteiger partial charge in [0.15, 0.2) is 0 Å². The minimum absolute atomic E-state index is 0.883. The van der Waals surface area contributed by atoms with Gasteiger partial charge < -0.3 is 4.74 Å². The van der Waals surface area contributed by atoms with Crippen LogP contribution in [0.2, 0.25) is 0 Å². The number of ether oxygens (including phenoxy) is 1. The summed E-state index contributed by atoms with van der Waals surface area (Å²) in [5, 5.41) is 0. The van der Waals surface area contributed by atoms with Crippen LogP contribution in [0, 0.1) is 0 Å². The van der Waals surface area contributed by atoms with Crippen LogP contribution in [0.5, 0.6) is 0 Å². The van der Waals surface area contributed by atoms with Crippen molar-refractivity contribution in [1.29, 1.82) is 0 Å². The lowest BCUT2D eigenvalue weighted by Crippen LogP contribution is -2.36. The minimum Gasteiger partial charge on any atom is -0.379 e. The number of rotatable bonds is 4. The Kier molecular flexibility index (Phi) is 4.27. The third-order valence-corrected chi connectivity index (χ3v) is 4.96. The first kappa shape index (κ1) is 14.7. The molecule has 2 aliphatic rings. The third kappa shape index (κ3) is 3.10. The lowest BCUT2D eigenvalue weighted by Gasteiger charge is -2.26. The second kappa shape index (κ2) is 6.69. The Morgan fingerprint density at radius 3 is 2.48 bits per heavy atom. The van der Waals surface area contributed by atoms with Gasteiger partial charge in [0.2, 0.25) is 0 Å². The van der Waals surface area contributed by atoms with Crippen molar-refractivity contribution >= 4 is 5.57 Å². The Labute approximate surface area is 138 Å². The Bertz CT molecular complexity index is 699. The zero-order valence-electron chi connectivity index (χ0n) is 13.5. The molecule has 1 fully saturated rings. The monoisotopic (exact) mass is 305 g/mol. The Morgan fingerprint density at radius 2 is 1.65 bits per heavy atom. The van der Waals surface area contributed by atoms with E-state index in [1.165, 1.54) is 27.8 Å². The zero-order chi connectivity index (χ0) is 15.5. The quantitative estimate of drug-likeness (QED) is 0.846. The molecule has 4 rings (SSSR count). The van der Waals surface area contributed by atoms with Gasteiger partial charge in [0.1, 0.15) is 0 Å². The molecule has 0 saturated carbocycles. The Hall–Kier alpha value is -1.90. The standard InChI is InChI=1S/C21H23NO/c1-2-5-17(6-3-1)19-7-4-8-20-18(9-10-21(19)20)11-12-22-13-15-23-16-14-22/h1-9H,10-16H2. The van der Waals surface area contributed by atoms with Gasteiger partial charge in [-0.1, -0.05) is 54.6 Å². The van der Waals surface area contributed by atoms with E-state index < -0.39 is 0 Å². The molecule has 118 valence electrons. The normalized spacial score (nSPS) is 17.8. The smallest absolute Gasteiger partial charge is 0.0594 e. The maximum Gasteiger partial charge on any atom is 0.0594 e. The maximum atomic E-state index is 5.44. The van der Waals surface area contributed by atoms with Crippen molar-refractivity contribution in [3.8, 4) is 11.1 Å². The average molecular weight is 305 g/mol. The van der Waals surface area contributed by atoms with Crippen LogP contribution in [0.15, 0.2) is 54.6 Å². The summed E-state index contributed by atoms with van der Waals surface area (Å²) in [6.45, 7) is 5.06. The highest BCUT2D eigenvalue weighted by atomic mass is 16.5. The van der Waals surface area contributed by atoms with Crippen LogP contribution in [0.1, 0.15) is 17.5 Å². The first-order valence-corrected chi connectivity index (χ1v) is 8.58. The molecule has 0 aromatic heterocycles. The third-order valence-electron chi connectivity index (χ3n) is 4.96. The van der Waals surface area contributed by atoms with Gasteiger partial charge in [-0.2, -0.15) is 0 Å². The molecule has 0 bridgehead atoms. The lowest BCUT2D eigenvalue weighted by molar-refractivity contribution is 0.0390. The molecule has 0 spiro atoms. The molecule has 0 radical (unpaired) electrons. The van der Waals surface area contributed by atoms with Crippen molar-refractivity contribution in [1.82, 2.24) is 4.90 Å². The van der Waals surface area contributed by atoms with E-state index in [1.54, 1.807) is 0 Å². The molecule has 2 heteroatoms. The van der Waals surface area contributed by atoms with Gasteiger partial charge in [-0.05, 0) is 40.7 Å². The molecule has 2 aromatic carbocycles. The van der Waals surface area contributed by atoms with E-state index >= 15 is 0 Å². The van der Waals surface area contributed by atoms with Gasteiger partial charge in [0, 0.05) is 19.6 Å². The van der Waals surface area contributed by atoms with Gasteiger partial charge in [0.25, 0.3) is 0 Å². The van der Waals surface area contributed by atoms with Gasteiger partial charge >= 0.3 is 0 Å². The first-order valence-electron chi connectivity index (χ1n) is 8.58. The van der Waals surface area contributed by atoms with E-state index in [-0.39, 0.29) is 0 Å². The summed E-state index contributed by atoms with van der Waals surface area (Å²) in [5.74, 6) is 0. The van der Waals surface area contributed by atoms with Crippen LogP contribution < -0.4 is 0 Å². The second-order valence-corrected chi connectivity index (χ2v) is 6.34. The molecule has 0 unspecified atom stereocenters. The summed E-state index contributed by atoms with van der Waals surface area (Å²) in [6.07, 6.45) is 4.64. The summed E-state index contributed by atoms with van der Waals surface area (Å²) in [5.41, 5.74) is 7.19. The SMILES string of the molecule is C1=C(CCN2CCOCC2)c2cccc(-c3ccccc3)c2C1. The fourth-order valence-corrected chi connectivity index (χ4v) is 3.67. The average Bonchev–Trinajstić information content (AvgIpc) is 3.05. The molecule has 1 saturated heterocycles. The van der Waals surface area contributed by atoms with E-state index in [0.29, 0.717) is 0 Å². The minimum atomic E-state index is 0.883. The predicted molar refractivity (Wildman–Crippen MR) is 95.4 cm³/mol. The number of hydrogen-bond acceptors (Lipinski definition) is 2. The summed E-state index contributed by atoms with van der Waals surface area (Å²) in [4.78, 5) is 2.52. The number of nitrogens with zero attached hydrogens (tertiary/aromatic N) is 1. The van der Waals surface area contributed by atoms with E-state index in [2.05, 4.69) is 59.5 Å². The van der Waals surface area contributed by atoms with Crippen molar-refractivity contribution in [3.05, 3.63) is 65.7 Å². The number of hydrogen-bond donors (Lipinski definition) is 0. The zero-order valence-corrected chi connectivity index (χ0v) is 13.5. The van der Waals surface area contributed by atoms with Gasteiger partial charge in [0.05, 0.1) is 13.2 Å². The molecule has 2 aromatic rings. The maximum absolute atomic E-state index is 5.44. The van der Waals surface area contributed by atoms with Crippen LogP contribution in [0.25, 0.3) is 16.7 Å². The predicted octanol–water partition coefficient (Wildman–Crippen LogP) is 4.02. The molecular formula is C21H23NO. The van der Waals surface area contributed by atoms with Crippen molar-refractivity contribution in [2.45, 2.75) is 12.8 Å². The van der Waals surface area contributed by atoms with Crippen LogP contribution in [0.4, 0.5) is 0 Å². The number of allylic oxidation sites excluding steroid dienone is 1. The summed E-state index contributed by atoms with van der Waals surface area (Å²) in [6, 6.07) is 17.5. The van der Waals surface area contributed by atoms with Crippen molar-refractivity contribution < 1.29 is 4.74 Å². The van der Waals surface area contributed by atoms with E-state index in [4.69, 9.17) is 4.74 Å². The van der Waals surface area contributed by atoms with Gasteiger partial charge in [-0.25, -0.2) is 0 Å². The van der Waals surface area contributed by atoms with Crippen LogP contribution >= 0.6 is 0 Å². The molecule has 1 aliphatic heterocycles. The van der Waals surface area contributed by atoms with Gasteiger partial charge in [-0.15, -0.1) is 0 Å². The number of morpholine rings is 1. The van der Waals surface area contributed by atoms with E-state index in [0.717, 1.165) is 45.7 Å². The van der Waals surface area contributed by atoms with Gasteiger partial charge in [-0.3, -0.25) is 4.90 Å². The number of fused-ring (bicyclic) bond motifs is 1. The fraction of sp³-hybridized carbons (Fsp3) is 0.333. The van der Waals surface area contributed by atoms with Crippen LogP contribution in [-0.4, -0.2) is 37.7 Å². The molecular weight excluding hydrogens is 282 g/mol. The van der Waals surface area contributed by atoms with Crippen LogP contribution in [-0.2, 0) is 11.2 Å². The van der Waals surface area contributed by atoms with E-state index in [9.17, 15) is 0 Å². The Balaban J connectivity index is 1.52. The summed E-state index contributed by atoms with van der Waals surface area (Å²) >= 11 is 0. The summed E-state index contributed by atoms with van der Waals surface area (Å²) < 4.78 is 5.44. The van der Waals surface area contributed by atoms with E-state index in [1.807, 2.05) is 0 Å². The fourth-order valence-electron chi connectivity index (χ4n) is 3.67. The topological polar surface area (TPSA) is 12.5 Å². The number of benzene rings is 2. The molecule has 23 heavy (non-hydrogen) atoms.